The number of likely N-dealkylation sites (tertiary alicyclic amines) is 1. The Kier molecular flexibility index (Phi) is 6.24. The van der Waals surface area contributed by atoms with E-state index in [1.807, 2.05) is 36.1 Å². The maximum Gasteiger partial charge on any atom is 0.321 e. The van der Waals surface area contributed by atoms with E-state index >= 15 is 0 Å². The Morgan fingerprint density at radius 3 is 2.73 bits per heavy atom. The Balaban J connectivity index is 1.84. The van der Waals surface area contributed by atoms with E-state index in [1.54, 1.807) is 0 Å². The number of urea groups is 1. The van der Waals surface area contributed by atoms with Gasteiger partial charge in [-0.2, -0.15) is 0 Å². The lowest BCUT2D eigenvalue weighted by molar-refractivity contribution is -0.121. The van der Waals surface area contributed by atoms with E-state index in [0.717, 1.165) is 29.5 Å². The second kappa shape index (κ2) is 8.17. The van der Waals surface area contributed by atoms with Crippen LogP contribution in [0.5, 0.6) is 0 Å². The second-order valence-electron chi connectivity index (χ2n) is 5.55. The number of nitrogens with one attached hydrogen (secondary N) is 2. The quantitative estimate of drug-likeness (QED) is 0.857. The van der Waals surface area contributed by atoms with Crippen LogP contribution in [-0.4, -0.2) is 36.5 Å². The number of carbonyl (C=O) groups is 2. The third-order valence-electron chi connectivity index (χ3n) is 3.81. The molecule has 1 aliphatic heterocycles. The zero-order valence-electron chi connectivity index (χ0n) is 12.8. The van der Waals surface area contributed by atoms with Crippen LogP contribution in [0.25, 0.3) is 0 Å². The average Bonchev–Trinajstić information content (AvgIpc) is 2.55. The Morgan fingerprint density at radius 1 is 1.32 bits per heavy atom. The highest BCUT2D eigenvalue weighted by Crippen LogP contribution is 2.18. The summed E-state index contributed by atoms with van der Waals surface area (Å²) >= 11 is 3.37. The molecule has 1 aliphatic rings. The van der Waals surface area contributed by atoms with Gasteiger partial charge >= 0.3 is 6.03 Å². The van der Waals surface area contributed by atoms with Gasteiger partial charge in [0.15, 0.2) is 0 Å². The van der Waals surface area contributed by atoms with E-state index in [0.29, 0.717) is 25.4 Å². The molecule has 1 atom stereocenters. The van der Waals surface area contributed by atoms with E-state index in [-0.39, 0.29) is 11.9 Å². The van der Waals surface area contributed by atoms with Crippen molar-refractivity contribution >= 4 is 33.6 Å². The van der Waals surface area contributed by atoms with Gasteiger partial charge in [0, 0.05) is 36.2 Å². The molecule has 0 spiro atoms. The van der Waals surface area contributed by atoms with Gasteiger partial charge in [0.2, 0.25) is 5.91 Å². The van der Waals surface area contributed by atoms with Crippen molar-refractivity contribution in [1.82, 2.24) is 10.2 Å². The number of halogens is 1. The van der Waals surface area contributed by atoms with Crippen molar-refractivity contribution < 1.29 is 9.59 Å². The Morgan fingerprint density at radius 2 is 2.05 bits per heavy atom. The molecule has 0 unspecified atom stereocenters. The van der Waals surface area contributed by atoms with E-state index in [9.17, 15) is 9.59 Å². The lowest BCUT2D eigenvalue weighted by Crippen LogP contribution is -2.45. The zero-order valence-corrected chi connectivity index (χ0v) is 14.4. The molecule has 1 saturated heterocycles. The highest BCUT2D eigenvalue weighted by Gasteiger charge is 2.23. The molecule has 2 N–H and O–H groups in total. The number of rotatable bonds is 4. The summed E-state index contributed by atoms with van der Waals surface area (Å²) in [7, 11) is 0. The van der Waals surface area contributed by atoms with Crippen LogP contribution >= 0.6 is 15.9 Å². The molecule has 1 heterocycles. The van der Waals surface area contributed by atoms with Crippen LogP contribution in [0, 0.1) is 5.92 Å². The molecule has 0 bridgehead atoms. The maximum atomic E-state index is 12.3. The minimum Gasteiger partial charge on any atom is -0.356 e. The third-order valence-corrected chi connectivity index (χ3v) is 4.34. The number of hydrogen-bond donors (Lipinski definition) is 2. The molecule has 120 valence electrons. The molecular weight excluding hydrogens is 346 g/mol. The first-order chi connectivity index (χ1) is 10.6. The van der Waals surface area contributed by atoms with Gasteiger partial charge < -0.3 is 15.5 Å². The standard InChI is InChI=1S/C16H22BrN3O2/c1-2-15(21)18-10-12-4-3-9-20(11-12)16(22)19-14-7-5-13(17)6-8-14/h5-8,12H,2-4,9-11H2,1H3,(H,18,21)(H,19,22)/t12-/m0/s1. The van der Waals surface area contributed by atoms with Crippen LogP contribution in [0.15, 0.2) is 28.7 Å². The maximum absolute atomic E-state index is 12.3. The molecule has 0 aromatic heterocycles. The van der Waals surface area contributed by atoms with Gasteiger partial charge in [0.25, 0.3) is 0 Å². The van der Waals surface area contributed by atoms with Crippen LogP contribution < -0.4 is 10.6 Å². The van der Waals surface area contributed by atoms with Crippen molar-refractivity contribution in [1.29, 1.82) is 0 Å². The molecule has 6 heteroatoms. The van der Waals surface area contributed by atoms with Crippen LogP contribution in [0.4, 0.5) is 10.5 Å². The molecule has 0 saturated carbocycles. The molecule has 1 aromatic carbocycles. The first-order valence-corrected chi connectivity index (χ1v) is 8.46. The largest absolute Gasteiger partial charge is 0.356 e. The number of hydrogen-bond acceptors (Lipinski definition) is 2. The normalized spacial score (nSPS) is 17.9. The predicted molar refractivity (Wildman–Crippen MR) is 90.8 cm³/mol. The lowest BCUT2D eigenvalue weighted by Gasteiger charge is -2.32. The van der Waals surface area contributed by atoms with Gasteiger partial charge in [-0.1, -0.05) is 22.9 Å². The number of nitrogens with zero attached hydrogens (tertiary/aromatic N) is 1. The highest BCUT2D eigenvalue weighted by atomic mass is 79.9. The molecule has 5 nitrogen and oxygen atoms in total. The van der Waals surface area contributed by atoms with Crippen molar-refractivity contribution in [2.45, 2.75) is 26.2 Å². The molecule has 0 aliphatic carbocycles. The average molecular weight is 368 g/mol. The fourth-order valence-corrected chi connectivity index (χ4v) is 2.80. The summed E-state index contributed by atoms with van der Waals surface area (Å²) in [6.07, 6.45) is 2.52. The van der Waals surface area contributed by atoms with Gasteiger partial charge in [-0.05, 0) is 43.0 Å². The second-order valence-corrected chi connectivity index (χ2v) is 6.46. The summed E-state index contributed by atoms with van der Waals surface area (Å²) in [5, 5.41) is 5.83. The summed E-state index contributed by atoms with van der Waals surface area (Å²) in [5.41, 5.74) is 0.787. The first kappa shape index (κ1) is 16.8. The minimum absolute atomic E-state index is 0.0661. The van der Waals surface area contributed by atoms with E-state index in [1.165, 1.54) is 0 Å². The SMILES string of the molecule is CCC(=O)NC[C@@H]1CCCN(C(=O)Nc2ccc(Br)cc2)C1. The molecule has 3 amide bonds. The number of carbonyl (C=O) groups excluding carboxylic acids is 2. The summed E-state index contributed by atoms with van der Waals surface area (Å²) in [5.74, 6) is 0.399. The van der Waals surface area contributed by atoms with Crippen LogP contribution in [-0.2, 0) is 4.79 Å². The van der Waals surface area contributed by atoms with Crippen molar-refractivity contribution in [2.75, 3.05) is 25.0 Å². The van der Waals surface area contributed by atoms with E-state index in [4.69, 9.17) is 0 Å². The number of benzene rings is 1. The van der Waals surface area contributed by atoms with Crippen LogP contribution in [0.2, 0.25) is 0 Å². The predicted octanol–water partition coefficient (Wildman–Crippen LogP) is 3.22. The monoisotopic (exact) mass is 367 g/mol. The summed E-state index contributed by atoms with van der Waals surface area (Å²) in [6.45, 7) is 3.94. The van der Waals surface area contributed by atoms with Gasteiger partial charge in [0.05, 0.1) is 0 Å². The Hall–Kier alpha value is -1.56. The lowest BCUT2D eigenvalue weighted by atomic mass is 9.98. The van der Waals surface area contributed by atoms with Crippen LogP contribution in [0.3, 0.4) is 0 Å². The molecule has 22 heavy (non-hydrogen) atoms. The molecule has 2 rings (SSSR count). The summed E-state index contributed by atoms with van der Waals surface area (Å²) < 4.78 is 0.982. The topological polar surface area (TPSA) is 61.4 Å². The molecular formula is C16H22BrN3O2. The van der Waals surface area contributed by atoms with Crippen molar-refractivity contribution in [3.63, 3.8) is 0 Å². The minimum atomic E-state index is -0.0751. The van der Waals surface area contributed by atoms with Crippen molar-refractivity contribution in [2.24, 2.45) is 5.92 Å². The van der Waals surface area contributed by atoms with E-state index in [2.05, 4.69) is 26.6 Å². The summed E-state index contributed by atoms with van der Waals surface area (Å²) in [6, 6.07) is 7.45. The third kappa shape index (κ3) is 5.02. The van der Waals surface area contributed by atoms with E-state index < -0.39 is 0 Å². The van der Waals surface area contributed by atoms with Crippen molar-refractivity contribution in [3.8, 4) is 0 Å². The smallest absolute Gasteiger partial charge is 0.321 e. The molecule has 1 fully saturated rings. The fraction of sp³-hybridized carbons (Fsp3) is 0.500. The Labute approximate surface area is 139 Å². The number of anilines is 1. The van der Waals surface area contributed by atoms with Gasteiger partial charge in [0.1, 0.15) is 0 Å². The van der Waals surface area contributed by atoms with Gasteiger partial charge in [-0.3, -0.25) is 4.79 Å². The Bertz CT molecular complexity index is 519. The van der Waals surface area contributed by atoms with Crippen LogP contribution in [0.1, 0.15) is 26.2 Å². The number of piperidine rings is 1. The zero-order chi connectivity index (χ0) is 15.9. The van der Waals surface area contributed by atoms with Crippen molar-refractivity contribution in [3.05, 3.63) is 28.7 Å². The molecule has 1 aromatic rings. The fourth-order valence-electron chi connectivity index (χ4n) is 2.54. The molecule has 0 radical (unpaired) electrons. The summed E-state index contributed by atoms with van der Waals surface area (Å²) in [4.78, 5) is 25.5. The van der Waals surface area contributed by atoms with Gasteiger partial charge in [-0.15, -0.1) is 0 Å². The number of amides is 3. The van der Waals surface area contributed by atoms with Gasteiger partial charge in [-0.25, -0.2) is 4.79 Å². The first-order valence-electron chi connectivity index (χ1n) is 7.66. The highest BCUT2D eigenvalue weighted by molar-refractivity contribution is 9.10.